The van der Waals surface area contributed by atoms with Gasteiger partial charge in [0.2, 0.25) is 0 Å². The second-order valence-electron chi connectivity index (χ2n) is 19.4. The minimum absolute atomic E-state index is 0. The van der Waals surface area contributed by atoms with Gasteiger partial charge < -0.3 is 13.9 Å². The Hall–Kier alpha value is -7.33. The van der Waals surface area contributed by atoms with E-state index in [4.69, 9.17) is 22.1 Å². The van der Waals surface area contributed by atoms with E-state index in [0.717, 1.165) is 27.4 Å². The van der Waals surface area contributed by atoms with Gasteiger partial charge in [-0.05, 0) is 127 Å². The van der Waals surface area contributed by atoms with E-state index >= 15 is 0 Å². The molecule has 0 N–H and O–H groups in total. The average Bonchev–Trinajstić information content (AvgIpc) is 1.52. The van der Waals surface area contributed by atoms with Gasteiger partial charge in [0.1, 0.15) is 5.82 Å². The fourth-order valence-electron chi connectivity index (χ4n) is 9.69. The van der Waals surface area contributed by atoms with Crippen LogP contribution in [0.5, 0.6) is 11.5 Å². The smallest absolute Gasteiger partial charge is 0.268 e. The molecule has 0 atom stereocenters. The van der Waals surface area contributed by atoms with Gasteiger partial charge in [0, 0.05) is 52.5 Å². The van der Waals surface area contributed by atoms with Crippen LogP contribution in [-0.4, -0.2) is 14.1 Å². The number of pyridine rings is 1. The molecule has 1 aliphatic rings. The molecule has 0 saturated heterocycles. The van der Waals surface area contributed by atoms with Crippen LogP contribution in [0, 0.1) is 32.2 Å². The normalized spacial score (nSPS) is 15.4. The molecule has 3 aromatic heterocycles. The summed E-state index contributed by atoms with van der Waals surface area (Å²) in [5.41, 5.74) is 2.74. The number of ether oxygens (including phenoxy) is 1. The van der Waals surface area contributed by atoms with Gasteiger partial charge in [-0.2, -0.15) is 18.2 Å². The fourth-order valence-corrected chi connectivity index (χ4v) is 9.69. The molecule has 0 saturated carbocycles. The molecule has 1 aliphatic heterocycles. The van der Waals surface area contributed by atoms with Gasteiger partial charge in [0.15, 0.2) is 0 Å². The van der Waals surface area contributed by atoms with E-state index in [-0.39, 0.29) is 98.9 Å². The van der Waals surface area contributed by atoms with Gasteiger partial charge >= 0.3 is 0 Å². The number of fused-ring (bicyclic) bond motifs is 10. The number of aromatic nitrogens is 4. The molecule has 0 fully saturated rings. The first-order valence-electron chi connectivity index (χ1n) is 29.7. The minimum Gasteiger partial charge on any atom is -0.510 e. The number of nitrogens with zero attached hydrogens (tertiary/aromatic N) is 4. The number of imidazole rings is 1. The van der Waals surface area contributed by atoms with E-state index in [9.17, 15) is 6.85 Å². The van der Waals surface area contributed by atoms with E-state index in [0.29, 0.717) is 28.5 Å². The van der Waals surface area contributed by atoms with Gasteiger partial charge in [-0.15, -0.1) is 29.7 Å². The first kappa shape index (κ1) is 31.7. The Kier molecular flexibility index (Phi) is 7.69. The summed E-state index contributed by atoms with van der Waals surface area (Å²) >= 11 is 0. The Balaban J connectivity index is 0.00000736. The number of para-hydroxylation sites is 2. The van der Waals surface area contributed by atoms with E-state index in [1.165, 1.54) is 24.3 Å². The molecule has 70 heavy (non-hydrogen) atoms. The van der Waals surface area contributed by atoms with Crippen LogP contribution in [0.3, 0.4) is 0 Å². The Morgan fingerprint density at radius 2 is 1.29 bits per heavy atom. The summed E-state index contributed by atoms with van der Waals surface area (Å²) in [4.78, 5) is 4.82. The van der Waals surface area contributed by atoms with Crippen molar-refractivity contribution >= 4 is 32.8 Å². The summed E-state index contributed by atoms with van der Waals surface area (Å²) in [6.07, 6.45) is 5.36. The Bertz CT molecular complexity index is 4550. The molecular formula is C64H52N4OPt-2. The van der Waals surface area contributed by atoms with Crippen LogP contribution in [-0.2, 0) is 31.9 Å². The van der Waals surface area contributed by atoms with Gasteiger partial charge in [-0.25, -0.2) is 4.98 Å². The van der Waals surface area contributed by atoms with E-state index in [2.05, 4.69) is 55.9 Å². The van der Waals surface area contributed by atoms with Crippen LogP contribution in [0.2, 0.25) is 0 Å². The largest absolute Gasteiger partial charge is 0.510 e. The van der Waals surface area contributed by atoms with Crippen molar-refractivity contribution in [1.29, 1.82) is 0 Å². The Morgan fingerprint density at radius 1 is 0.614 bits per heavy atom. The molecule has 6 heteroatoms. The third-order valence-corrected chi connectivity index (χ3v) is 12.9. The third-order valence-electron chi connectivity index (χ3n) is 12.9. The second-order valence-corrected chi connectivity index (χ2v) is 19.4. The Morgan fingerprint density at radius 3 is 2.00 bits per heavy atom. The van der Waals surface area contributed by atoms with E-state index < -0.39 is 67.5 Å². The zero-order valence-electron chi connectivity index (χ0n) is 53.1. The summed E-state index contributed by atoms with van der Waals surface area (Å²) in [5, 5.41) is 1.92. The van der Waals surface area contributed by atoms with Crippen LogP contribution in [0.25, 0.3) is 94.5 Å². The molecule has 4 heterocycles. The summed E-state index contributed by atoms with van der Waals surface area (Å²) in [6.45, 7) is 6.66. The molecule has 0 amide bonds. The first-order chi connectivity index (χ1) is 39.1. The number of benzene rings is 8. The molecule has 8 aromatic carbocycles. The molecule has 0 bridgehead atoms. The van der Waals surface area contributed by atoms with Gasteiger partial charge in [0.05, 0.1) is 27.7 Å². The van der Waals surface area contributed by atoms with Crippen molar-refractivity contribution in [2.75, 3.05) is 0 Å². The van der Waals surface area contributed by atoms with Crippen LogP contribution >= 0.6 is 0 Å². The molecule has 11 aromatic rings. The van der Waals surface area contributed by atoms with E-state index in [1.54, 1.807) is 51.7 Å². The van der Waals surface area contributed by atoms with Crippen molar-refractivity contribution in [1.82, 2.24) is 14.1 Å². The first-order valence-corrected chi connectivity index (χ1v) is 22.7. The Labute approximate surface area is 444 Å². The van der Waals surface area contributed by atoms with Crippen molar-refractivity contribution in [2.45, 2.75) is 66.1 Å². The molecular weight excluding hydrogens is 1040 g/mol. The fraction of sp³-hybridized carbons (Fsp3) is 0.156. The summed E-state index contributed by atoms with van der Waals surface area (Å²) in [6, 6.07) is 35.9. The number of hydrogen-bond donors (Lipinski definition) is 0. The summed E-state index contributed by atoms with van der Waals surface area (Å²) < 4.78 is 140. The minimum atomic E-state index is -2.87. The van der Waals surface area contributed by atoms with Crippen LogP contribution in [0.1, 0.15) is 83.0 Å². The second kappa shape index (κ2) is 17.0. The van der Waals surface area contributed by atoms with Gasteiger partial charge in [-0.3, -0.25) is 4.57 Å². The zero-order chi connectivity index (χ0) is 59.3. The van der Waals surface area contributed by atoms with Crippen molar-refractivity contribution in [3.05, 3.63) is 211 Å². The quantitative estimate of drug-likeness (QED) is 0.127. The van der Waals surface area contributed by atoms with Crippen LogP contribution in [0.4, 0.5) is 0 Å². The van der Waals surface area contributed by atoms with Crippen molar-refractivity contribution in [3.63, 3.8) is 0 Å². The van der Waals surface area contributed by atoms with Crippen LogP contribution in [0.15, 0.2) is 170 Å². The summed E-state index contributed by atoms with van der Waals surface area (Å²) in [5.74, 6) is 1.30. The van der Waals surface area contributed by atoms with Crippen molar-refractivity contribution in [2.24, 2.45) is 0 Å². The molecule has 0 unspecified atom stereocenters. The molecule has 0 aliphatic carbocycles. The topological polar surface area (TPSA) is 35.9 Å². The maximum Gasteiger partial charge on any atom is 0.268 e. The van der Waals surface area contributed by atoms with E-state index in [1.807, 2.05) is 63.2 Å². The SMILES string of the molecule is [2H]c1c([2H])c([2H])c2c(c1[2H])-c1cccc(C(C)(C)C)c1-[n+]1[c-]n(-c3[c-]c(Oc4[c-]c5c(cc4)c4ccccc4n5-c4cc(C(C)(C)C)ccn4)ccc3)c3cc(-c4c(C([2H])([2H])[2H])cccc4C([2H])([2H])[2H])cc(c31)-c1c([2H])c([2H])c([2H])c([2H])c1-2.[Pt]. The van der Waals surface area contributed by atoms with Crippen LogP contribution < -0.4 is 9.30 Å². The predicted molar refractivity (Wildman–Crippen MR) is 282 cm³/mol. The maximum absolute atomic E-state index is 9.84. The number of hydrogen-bond acceptors (Lipinski definition) is 2. The predicted octanol–water partition coefficient (Wildman–Crippen LogP) is 15.8. The number of aryl methyl sites for hydroxylation is 2. The maximum atomic E-state index is 9.84. The average molecular weight is 1100 g/mol. The molecule has 0 radical (unpaired) electrons. The van der Waals surface area contributed by atoms with Gasteiger partial charge in [-0.1, -0.05) is 156 Å². The summed E-state index contributed by atoms with van der Waals surface area (Å²) in [7, 11) is 0. The van der Waals surface area contributed by atoms with Crippen molar-refractivity contribution < 1.29 is 49.6 Å². The van der Waals surface area contributed by atoms with Crippen molar-refractivity contribution in [3.8, 4) is 73.2 Å². The molecule has 0 spiro atoms. The standard InChI is InChI=1S/C64H52N4O.Pt/c1-40-18-15-19-41(2)60(40)42-34-54-50-25-12-10-23-48(50)47-22-9-11-24-49(47)53-27-17-28-55(64(6,7)8)61(53)67-39-66(58(35-42)62(54)67)44-20-16-21-45(37-44)69-46-30-31-52-51-26-13-14-29-56(51)68(57(52)38-46)59-36-43(32-33-65-59)63(3,4)5;/h9-36H,1-8H3;/q-2;/i1D3,2D3,9D,10D,11D,12D,22D,23D,24D,25D;. The third kappa shape index (κ3) is 7.42. The zero-order valence-corrected chi connectivity index (χ0v) is 41.3. The van der Waals surface area contributed by atoms with Gasteiger partial charge in [0.25, 0.3) is 6.33 Å². The number of rotatable bonds is 5. The monoisotopic (exact) mass is 1100 g/mol. The molecule has 346 valence electrons. The molecule has 5 nitrogen and oxygen atoms in total. The molecule has 12 rings (SSSR count).